The zero-order valence-electron chi connectivity index (χ0n) is 10.4. The van der Waals surface area contributed by atoms with Gasteiger partial charge in [0.25, 0.3) is 0 Å². The maximum Gasteiger partial charge on any atom is 0.307 e. The second-order valence-electron chi connectivity index (χ2n) is 4.41. The topological polar surface area (TPSA) is 37.3 Å². The standard InChI is InChI=1S/C16H16O2.Pd/c17-16(18)15(11-13-7-3-1-4-8-13)12-14-9-5-2-6-10-14;/h1-10,15H,11-12H2,(H,17,18);. The average molecular weight is 347 g/mol. The molecule has 0 bridgehead atoms. The first-order chi connectivity index (χ1) is 8.75. The molecule has 0 saturated carbocycles. The van der Waals surface area contributed by atoms with Gasteiger partial charge in [0.1, 0.15) is 0 Å². The Labute approximate surface area is 127 Å². The number of carbonyl (C=O) groups is 1. The molecule has 2 rings (SSSR count). The van der Waals surface area contributed by atoms with Crippen LogP contribution in [0.2, 0.25) is 0 Å². The van der Waals surface area contributed by atoms with E-state index >= 15 is 0 Å². The normalized spacial score (nSPS) is 9.95. The van der Waals surface area contributed by atoms with Gasteiger partial charge < -0.3 is 5.11 Å². The summed E-state index contributed by atoms with van der Waals surface area (Å²) in [5.74, 6) is -1.10. The molecule has 0 aliphatic heterocycles. The van der Waals surface area contributed by atoms with Crippen LogP contribution in [-0.2, 0) is 38.1 Å². The van der Waals surface area contributed by atoms with E-state index in [1.165, 1.54) is 0 Å². The SMILES string of the molecule is O=C(O)C(Cc1ccccc1)Cc1ccccc1.[Pd]. The summed E-state index contributed by atoms with van der Waals surface area (Å²) < 4.78 is 0. The summed E-state index contributed by atoms with van der Waals surface area (Å²) in [6.07, 6.45) is 1.15. The molecule has 2 aromatic rings. The maximum atomic E-state index is 11.3. The van der Waals surface area contributed by atoms with E-state index in [1.807, 2.05) is 60.7 Å². The van der Waals surface area contributed by atoms with Gasteiger partial charge >= 0.3 is 5.97 Å². The van der Waals surface area contributed by atoms with Gasteiger partial charge in [0.2, 0.25) is 0 Å². The number of hydrogen-bond acceptors (Lipinski definition) is 1. The molecule has 1 N–H and O–H groups in total. The number of rotatable bonds is 5. The van der Waals surface area contributed by atoms with Gasteiger partial charge in [-0.2, -0.15) is 0 Å². The van der Waals surface area contributed by atoms with Gasteiger partial charge in [-0.3, -0.25) is 4.79 Å². The summed E-state index contributed by atoms with van der Waals surface area (Å²) in [6.45, 7) is 0. The molecule has 0 atom stereocenters. The number of benzene rings is 2. The minimum absolute atomic E-state index is 0. The first-order valence-electron chi connectivity index (χ1n) is 6.06. The van der Waals surface area contributed by atoms with Crippen molar-refractivity contribution < 1.29 is 30.3 Å². The van der Waals surface area contributed by atoms with Gasteiger partial charge in [0, 0.05) is 20.4 Å². The largest absolute Gasteiger partial charge is 0.481 e. The van der Waals surface area contributed by atoms with E-state index in [-0.39, 0.29) is 26.3 Å². The molecule has 0 heterocycles. The van der Waals surface area contributed by atoms with E-state index in [0.29, 0.717) is 12.8 Å². The number of hydrogen-bond donors (Lipinski definition) is 1. The van der Waals surface area contributed by atoms with Crippen molar-refractivity contribution in [3.8, 4) is 0 Å². The van der Waals surface area contributed by atoms with Crippen LogP contribution in [0.3, 0.4) is 0 Å². The Kier molecular flexibility index (Phi) is 6.49. The monoisotopic (exact) mass is 346 g/mol. The van der Waals surface area contributed by atoms with Gasteiger partial charge in [-0.05, 0) is 24.0 Å². The van der Waals surface area contributed by atoms with Gasteiger partial charge in [-0.15, -0.1) is 0 Å². The van der Waals surface area contributed by atoms with E-state index < -0.39 is 5.97 Å². The van der Waals surface area contributed by atoms with Crippen molar-refractivity contribution in [3.05, 3.63) is 71.8 Å². The fraction of sp³-hybridized carbons (Fsp3) is 0.188. The van der Waals surface area contributed by atoms with Crippen LogP contribution in [0, 0.1) is 5.92 Å². The van der Waals surface area contributed by atoms with Crippen molar-refractivity contribution in [2.24, 2.45) is 5.92 Å². The van der Waals surface area contributed by atoms with Crippen molar-refractivity contribution in [2.45, 2.75) is 12.8 Å². The Morgan fingerprint density at radius 3 is 1.53 bits per heavy atom. The third-order valence-electron chi connectivity index (χ3n) is 3.00. The average Bonchev–Trinajstić information content (AvgIpc) is 2.40. The molecule has 0 aliphatic rings. The van der Waals surface area contributed by atoms with E-state index in [9.17, 15) is 9.90 Å². The third kappa shape index (κ3) is 4.98. The van der Waals surface area contributed by atoms with E-state index in [1.54, 1.807) is 0 Å². The van der Waals surface area contributed by atoms with Gasteiger partial charge in [-0.25, -0.2) is 0 Å². The summed E-state index contributed by atoms with van der Waals surface area (Å²) in [7, 11) is 0. The first kappa shape index (κ1) is 15.6. The number of carboxylic acid groups (broad SMARTS) is 1. The van der Waals surface area contributed by atoms with Crippen LogP contribution in [0.1, 0.15) is 11.1 Å². The zero-order valence-corrected chi connectivity index (χ0v) is 12.0. The molecule has 0 saturated heterocycles. The molecule has 0 radical (unpaired) electrons. The molecule has 0 aromatic heterocycles. The van der Waals surface area contributed by atoms with Crippen molar-refractivity contribution in [3.63, 3.8) is 0 Å². The Hall–Kier alpha value is -1.43. The molecular weight excluding hydrogens is 331 g/mol. The fourth-order valence-corrected chi connectivity index (χ4v) is 2.04. The Bertz CT molecular complexity index is 455. The van der Waals surface area contributed by atoms with Crippen LogP contribution in [0.25, 0.3) is 0 Å². The summed E-state index contributed by atoms with van der Waals surface area (Å²) in [4.78, 5) is 11.3. The van der Waals surface area contributed by atoms with Crippen LogP contribution in [0.5, 0.6) is 0 Å². The minimum atomic E-state index is -0.734. The maximum absolute atomic E-state index is 11.3. The van der Waals surface area contributed by atoms with E-state index in [0.717, 1.165) is 11.1 Å². The Morgan fingerprint density at radius 1 is 0.842 bits per heavy atom. The summed E-state index contributed by atoms with van der Waals surface area (Å²) >= 11 is 0. The molecule has 2 nitrogen and oxygen atoms in total. The van der Waals surface area contributed by atoms with Crippen LogP contribution < -0.4 is 0 Å². The van der Waals surface area contributed by atoms with E-state index in [2.05, 4.69) is 0 Å². The second-order valence-corrected chi connectivity index (χ2v) is 4.41. The van der Waals surface area contributed by atoms with Crippen molar-refractivity contribution >= 4 is 5.97 Å². The molecule has 0 spiro atoms. The third-order valence-corrected chi connectivity index (χ3v) is 3.00. The zero-order chi connectivity index (χ0) is 12.8. The Morgan fingerprint density at radius 2 is 1.21 bits per heavy atom. The Balaban J connectivity index is 0.00000180. The molecule has 0 unspecified atom stereocenters. The molecule has 0 aliphatic carbocycles. The molecule has 2 aromatic carbocycles. The molecule has 3 heteroatoms. The predicted molar refractivity (Wildman–Crippen MR) is 71.4 cm³/mol. The molecule has 0 amide bonds. The van der Waals surface area contributed by atoms with Gasteiger partial charge in [-0.1, -0.05) is 60.7 Å². The van der Waals surface area contributed by atoms with Crippen molar-refractivity contribution in [1.82, 2.24) is 0 Å². The van der Waals surface area contributed by atoms with Crippen LogP contribution in [0.4, 0.5) is 0 Å². The quantitative estimate of drug-likeness (QED) is 0.844. The molecule has 102 valence electrons. The van der Waals surface area contributed by atoms with Crippen molar-refractivity contribution in [2.75, 3.05) is 0 Å². The smallest absolute Gasteiger partial charge is 0.307 e. The predicted octanol–water partition coefficient (Wildman–Crippen LogP) is 3.17. The molecule has 0 fully saturated rings. The number of carboxylic acids is 1. The van der Waals surface area contributed by atoms with Crippen LogP contribution in [-0.4, -0.2) is 11.1 Å². The molecule has 19 heavy (non-hydrogen) atoms. The summed E-state index contributed by atoms with van der Waals surface area (Å²) in [5.41, 5.74) is 2.14. The summed E-state index contributed by atoms with van der Waals surface area (Å²) in [6, 6.07) is 19.5. The minimum Gasteiger partial charge on any atom is -0.481 e. The van der Waals surface area contributed by atoms with Crippen LogP contribution >= 0.6 is 0 Å². The summed E-state index contributed by atoms with van der Waals surface area (Å²) in [5, 5.41) is 9.30. The molecular formula is C16H16O2Pd. The van der Waals surface area contributed by atoms with Gasteiger partial charge in [0.15, 0.2) is 0 Å². The second kappa shape index (κ2) is 7.89. The van der Waals surface area contributed by atoms with Crippen molar-refractivity contribution in [1.29, 1.82) is 0 Å². The fourth-order valence-electron chi connectivity index (χ4n) is 2.04. The van der Waals surface area contributed by atoms with Crippen LogP contribution in [0.15, 0.2) is 60.7 Å². The number of aliphatic carboxylic acids is 1. The van der Waals surface area contributed by atoms with E-state index in [4.69, 9.17) is 0 Å². The van der Waals surface area contributed by atoms with Gasteiger partial charge in [0.05, 0.1) is 5.92 Å². The first-order valence-corrected chi connectivity index (χ1v) is 6.06.